The first-order valence-electron chi connectivity index (χ1n) is 10.0. The molecule has 1 aliphatic carbocycles. The monoisotopic (exact) mass is 481 g/mol. The minimum absolute atomic E-state index is 0.0866. The van der Waals surface area contributed by atoms with Gasteiger partial charge >= 0.3 is 0 Å². The SMILES string of the molecule is O=C1c2ccccc2C(=O)c2c(Br)cccc21.O=c1c2ccccc2[nH]c2ccccc12. The smallest absolute Gasteiger partial charge is 0.197 e. The van der Waals surface area contributed by atoms with Crippen LogP contribution in [0.1, 0.15) is 31.8 Å². The molecule has 1 heterocycles. The molecule has 0 amide bonds. The molecule has 32 heavy (non-hydrogen) atoms. The van der Waals surface area contributed by atoms with Crippen molar-refractivity contribution in [3.63, 3.8) is 0 Å². The van der Waals surface area contributed by atoms with E-state index < -0.39 is 0 Å². The van der Waals surface area contributed by atoms with Crippen molar-refractivity contribution in [1.29, 1.82) is 0 Å². The Labute approximate surface area is 191 Å². The molecule has 1 aromatic heterocycles. The van der Waals surface area contributed by atoms with Gasteiger partial charge in [0, 0.05) is 48.5 Å². The van der Waals surface area contributed by atoms with Crippen molar-refractivity contribution in [2.75, 3.05) is 0 Å². The summed E-state index contributed by atoms with van der Waals surface area (Å²) in [6.07, 6.45) is 0. The molecular formula is C27H16BrNO3. The van der Waals surface area contributed by atoms with Gasteiger partial charge in [0.15, 0.2) is 17.0 Å². The Hall–Kier alpha value is -3.83. The first-order valence-corrected chi connectivity index (χ1v) is 10.8. The van der Waals surface area contributed by atoms with Crippen molar-refractivity contribution < 1.29 is 9.59 Å². The number of fused-ring (bicyclic) bond motifs is 4. The summed E-state index contributed by atoms with van der Waals surface area (Å²) < 4.78 is 0.669. The van der Waals surface area contributed by atoms with Gasteiger partial charge in [-0.05, 0) is 30.3 Å². The van der Waals surface area contributed by atoms with Crippen LogP contribution in [0.2, 0.25) is 0 Å². The zero-order chi connectivity index (χ0) is 22.2. The van der Waals surface area contributed by atoms with Crippen LogP contribution in [0.25, 0.3) is 21.8 Å². The van der Waals surface area contributed by atoms with Crippen LogP contribution in [0, 0.1) is 0 Å². The summed E-state index contributed by atoms with van der Waals surface area (Å²) in [5.41, 5.74) is 3.79. The van der Waals surface area contributed by atoms with E-state index in [2.05, 4.69) is 20.9 Å². The molecule has 0 unspecified atom stereocenters. The van der Waals surface area contributed by atoms with E-state index in [4.69, 9.17) is 0 Å². The molecule has 0 atom stereocenters. The average molecular weight is 482 g/mol. The molecule has 5 aromatic rings. The highest BCUT2D eigenvalue weighted by molar-refractivity contribution is 9.10. The number of pyridine rings is 1. The van der Waals surface area contributed by atoms with E-state index in [9.17, 15) is 14.4 Å². The third-order valence-corrected chi connectivity index (χ3v) is 6.18. The summed E-state index contributed by atoms with van der Waals surface area (Å²) in [5.74, 6) is -0.181. The first-order chi connectivity index (χ1) is 15.6. The summed E-state index contributed by atoms with van der Waals surface area (Å²) in [4.78, 5) is 39.8. The quantitative estimate of drug-likeness (QED) is 0.274. The van der Waals surface area contributed by atoms with Gasteiger partial charge in [0.25, 0.3) is 0 Å². The van der Waals surface area contributed by atoms with E-state index in [1.807, 2.05) is 48.5 Å². The Morgan fingerprint density at radius 1 is 0.531 bits per heavy atom. The lowest BCUT2D eigenvalue weighted by atomic mass is 9.84. The number of benzene rings is 4. The Bertz CT molecular complexity index is 1540. The molecule has 0 radical (unpaired) electrons. The van der Waals surface area contributed by atoms with Crippen LogP contribution in [0.3, 0.4) is 0 Å². The molecular weight excluding hydrogens is 466 g/mol. The van der Waals surface area contributed by atoms with Crippen molar-refractivity contribution in [3.8, 4) is 0 Å². The normalized spacial score (nSPS) is 12.2. The number of carbonyl (C=O) groups excluding carboxylic acids is 2. The molecule has 6 rings (SSSR count). The highest BCUT2D eigenvalue weighted by Crippen LogP contribution is 2.31. The molecule has 1 N–H and O–H groups in total. The lowest BCUT2D eigenvalue weighted by Crippen LogP contribution is -2.21. The number of hydrogen-bond acceptors (Lipinski definition) is 3. The largest absolute Gasteiger partial charge is 0.354 e. The minimum atomic E-state index is -0.0947. The second-order valence-electron chi connectivity index (χ2n) is 7.41. The second-order valence-corrected chi connectivity index (χ2v) is 8.27. The van der Waals surface area contributed by atoms with Crippen molar-refractivity contribution in [3.05, 3.63) is 128 Å². The maximum atomic E-state index is 12.3. The maximum Gasteiger partial charge on any atom is 0.197 e. The number of ketones is 2. The fourth-order valence-electron chi connectivity index (χ4n) is 3.97. The van der Waals surface area contributed by atoms with Crippen molar-refractivity contribution in [2.45, 2.75) is 0 Å². The second kappa shape index (κ2) is 8.02. The van der Waals surface area contributed by atoms with E-state index in [1.165, 1.54) is 0 Å². The van der Waals surface area contributed by atoms with Crippen molar-refractivity contribution in [1.82, 2.24) is 4.98 Å². The van der Waals surface area contributed by atoms with Crippen LogP contribution in [0.4, 0.5) is 0 Å². The van der Waals surface area contributed by atoms with E-state index in [-0.39, 0.29) is 17.0 Å². The topological polar surface area (TPSA) is 67.0 Å². The molecule has 1 aliphatic rings. The Morgan fingerprint density at radius 2 is 1.03 bits per heavy atom. The van der Waals surface area contributed by atoms with E-state index >= 15 is 0 Å². The number of carbonyl (C=O) groups is 2. The standard InChI is InChI=1S/C14H7BrO2.C13H9NO/c15-11-7-3-6-10-12(11)14(17)9-5-2-1-4-8(9)13(10)16;15-13-9-5-1-3-7-11(9)14-12-8-4-2-6-10(12)13/h1-7H;1-8H,(H,14,15). The van der Waals surface area contributed by atoms with Gasteiger partial charge in [0.05, 0.1) is 0 Å². The zero-order valence-corrected chi connectivity index (χ0v) is 18.3. The summed E-state index contributed by atoms with van der Waals surface area (Å²) in [7, 11) is 0. The molecule has 0 aliphatic heterocycles. The molecule has 4 aromatic carbocycles. The predicted molar refractivity (Wildman–Crippen MR) is 130 cm³/mol. The summed E-state index contributed by atoms with van der Waals surface area (Å²) >= 11 is 3.33. The molecule has 4 nitrogen and oxygen atoms in total. The van der Waals surface area contributed by atoms with Gasteiger partial charge in [0.1, 0.15) is 0 Å². The molecule has 0 saturated carbocycles. The number of nitrogens with one attached hydrogen (secondary N) is 1. The van der Waals surface area contributed by atoms with Crippen LogP contribution in [0.5, 0.6) is 0 Å². The van der Waals surface area contributed by atoms with Crippen LogP contribution in [-0.4, -0.2) is 16.6 Å². The molecule has 0 spiro atoms. The van der Waals surface area contributed by atoms with Gasteiger partial charge in [-0.1, -0.05) is 76.6 Å². The number of aromatic amines is 1. The predicted octanol–water partition coefficient (Wildman–Crippen LogP) is 5.91. The van der Waals surface area contributed by atoms with E-state index in [0.29, 0.717) is 26.7 Å². The summed E-state index contributed by atoms with van der Waals surface area (Å²) in [5, 5.41) is 1.49. The van der Waals surface area contributed by atoms with Gasteiger partial charge < -0.3 is 4.98 Å². The number of H-pyrrole nitrogens is 1. The summed E-state index contributed by atoms with van der Waals surface area (Å²) in [6, 6.07) is 27.3. The van der Waals surface area contributed by atoms with Crippen LogP contribution in [-0.2, 0) is 0 Å². The fourth-order valence-corrected chi connectivity index (χ4v) is 4.52. The third kappa shape index (κ3) is 3.27. The highest BCUT2D eigenvalue weighted by atomic mass is 79.9. The number of para-hydroxylation sites is 2. The number of aromatic nitrogens is 1. The van der Waals surface area contributed by atoms with Gasteiger partial charge in [-0.2, -0.15) is 0 Å². The minimum Gasteiger partial charge on any atom is -0.354 e. The fraction of sp³-hybridized carbons (Fsp3) is 0. The first kappa shape index (κ1) is 20.1. The van der Waals surface area contributed by atoms with E-state index in [1.54, 1.807) is 42.5 Å². The zero-order valence-electron chi connectivity index (χ0n) is 16.8. The third-order valence-electron chi connectivity index (χ3n) is 5.51. The lowest BCUT2D eigenvalue weighted by Gasteiger charge is -2.17. The lowest BCUT2D eigenvalue weighted by molar-refractivity contribution is 0.0978. The van der Waals surface area contributed by atoms with Gasteiger partial charge in [-0.15, -0.1) is 0 Å². The molecule has 0 fully saturated rings. The highest BCUT2D eigenvalue weighted by Gasteiger charge is 2.30. The van der Waals surface area contributed by atoms with Crippen molar-refractivity contribution >= 4 is 49.3 Å². The van der Waals surface area contributed by atoms with Gasteiger partial charge in [-0.3, -0.25) is 14.4 Å². The molecule has 0 saturated heterocycles. The van der Waals surface area contributed by atoms with Crippen molar-refractivity contribution in [2.24, 2.45) is 0 Å². The molecule has 5 heteroatoms. The maximum absolute atomic E-state index is 12.3. The summed E-state index contributed by atoms with van der Waals surface area (Å²) in [6.45, 7) is 0. The molecule has 0 bridgehead atoms. The Morgan fingerprint density at radius 3 is 1.66 bits per heavy atom. The Balaban J connectivity index is 0.000000136. The average Bonchev–Trinajstić information content (AvgIpc) is 2.83. The van der Waals surface area contributed by atoms with Gasteiger partial charge in [-0.25, -0.2) is 0 Å². The number of hydrogen-bond donors (Lipinski definition) is 1. The Kier molecular flexibility index (Phi) is 5.04. The number of halogens is 1. The molecule has 154 valence electrons. The van der Waals surface area contributed by atoms with Crippen LogP contribution >= 0.6 is 15.9 Å². The van der Waals surface area contributed by atoms with Crippen LogP contribution in [0.15, 0.2) is 100 Å². The number of rotatable bonds is 0. The van der Waals surface area contributed by atoms with E-state index in [0.717, 1.165) is 21.8 Å². The van der Waals surface area contributed by atoms with Crippen LogP contribution < -0.4 is 5.43 Å². The van der Waals surface area contributed by atoms with Gasteiger partial charge in [0.2, 0.25) is 0 Å².